The van der Waals surface area contributed by atoms with Crippen LogP contribution < -0.4 is 21.8 Å². The monoisotopic (exact) mass is 532 g/mol. The molecule has 8 nitrogen and oxygen atoms in total. The summed E-state index contributed by atoms with van der Waals surface area (Å²) in [6.45, 7) is 15.3. The Bertz CT molecular complexity index is 808. The van der Waals surface area contributed by atoms with E-state index in [1.807, 2.05) is 0 Å². The minimum atomic E-state index is -0.135. The van der Waals surface area contributed by atoms with Crippen LogP contribution in [0.5, 0.6) is 0 Å². The molecule has 4 fully saturated rings. The predicted octanol–water partition coefficient (Wildman–Crippen LogP) is 2.45. The van der Waals surface area contributed by atoms with E-state index < -0.39 is 0 Å². The van der Waals surface area contributed by atoms with E-state index in [4.69, 9.17) is 5.73 Å². The Morgan fingerprint density at radius 1 is 1.11 bits per heavy atom. The number of amides is 2. The number of carbonyl (C=O) groups is 2. The summed E-state index contributed by atoms with van der Waals surface area (Å²) in [6, 6.07) is 1.02. The minimum Gasteiger partial charge on any atom is -0.355 e. The van der Waals surface area contributed by atoms with Gasteiger partial charge < -0.3 is 21.3 Å². The standard InChI is InChI=1S/C30H56N6O2/c1-18(2)36-28-14-23(24-12-22(8-7-19(24)3)17-35(6)10-9-31)13-25(27(28)16-33-36)29(37)32-15-26-20(4)11-21(5)34-30(26)38/h18-28,33H,7-17,31H2,1-6H3,(H,32,37)(H,34,38). The maximum atomic E-state index is 13.8. The van der Waals surface area contributed by atoms with Crippen molar-refractivity contribution in [1.82, 2.24) is 26.0 Å². The summed E-state index contributed by atoms with van der Waals surface area (Å²) in [4.78, 5) is 28.9. The highest BCUT2D eigenvalue weighted by atomic mass is 16.2. The van der Waals surface area contributed by atoms with E-state index in [1.165, 1.54) is 25.7 Å². The third-order valence-electron chi connectivity index (χ3n) is 10.6. The van der Waals surface area contributed by atoms with Gasteiger partial charge in [-0.05, 0) is 89.5 Å². The lowest BCUT2D eigenvalue weighted by Gasteiger charge is -2.47. The van der Waals surface area contributed by atoms with Crippen molar-refractivity contribution in [2.45, 2.75) is 91.3 Å². The largest absolute Gasteiger partial charge is 0.355 e. The minimum absolute atomic E-state index is 0.00312. The lowest BCUT2D eigenvalue weighted by Crippen LogP contribution is -2.53. The molecule has 2 saturated carbocycles. The maximum absolute atomic E-state index is 13.8. The highest BCUT2D eigenvalue weighted by molar-refractivity contribution is 5.83. The zero-order valence-electron chi connectivity index (χ0n) is 24.9. The summed E-state index contributed by atoms with van der Waals surface area (Å²) in [5, 5.41) is 8.79. The van der Waals surface area contributed by atoms with Crippen molar-refractivity contribution in [3.05, 3.63) is 0 Å². The van der Waals surface area contributed by atoms with Crippen molar-refractivity contribution in [3.63, 3.8) is 0 Å². The first-order valence-corrected chi connectivity index (χ1v) is 15.6. The number of nitrogens with one attached hydrogen (secondary N) is 3. The lowest BCUT2D eigenvalue weighted by atomic mass is 9.61. The smallest absolute Gasteiger partial charge is 0.225 e. The molecule has 0 aromatic rings. The number of hydrogen-bond donors (Lipinski definition) is 4. The second-order valence-electron chi connectivity index (χ2n) is 13.8. The fraction of sp³-hybridized carbons (Fsp3) is 0.933. The molecule has 0 aromatic carbocycles. The van der Waals surface area contributed by atoms with Gasteiger partial charge in [-0.2, -0.15) is 0 Å². The number of fused-ring (bicyclic) bond motifs is 1. The van der Waals surface area contributed by atoms with Gasteiger partial charge in [-0.25, -0.2) is 5.01 Å². The molecule has 0 spiro atoms. The molecule has 0 radical (unpaired) electrons. The first-order valence-electron chi connectivity index (χ1n) is 15.6. The highest BCUT2D eigenvalue weighted by Gasteiger charge is 2.50. The molecule has 2 aliphatic carbocycles. The molecule has 4 rings (SSSR count). The highest BCUT2D eigenvalue weighted by Crippen LogP contribution is 2.48. The van der Waals surface area contributed by atoms with Gasteiger partial charge >= 0.3 is 0 Å². The van der Waals surface area contributed by atoms with Crippen LogP contribution in [0.15, 0.2) is 0 Å². The topological polar surface area (TPSA) is 103 Å². The summed E-state index contributed by atoms with van der Waals surface area (Å²) >= 11 is 0. The van der Waals surface area contributed by atoms with E-state index in [0.717, 1.165) is 32.5 Å². The van der Waals surface area contributed by atoms with Crippen molar-refractivity contribution >= 4 is 11.8 Å². The molecule has 0 bridgehead atoms. The Morgan fingerprint density at radius 3 is 2.55 bits per heavy atom. The van der Waals surface area contributed by atoms with Gasteiger partial charge in [0.2, 0.25) is 11.8 Å². The number of likely N-dealkylation sites (N-methyl/N-ethyl adjacent to an activating group) is 1. The average molecular weight is 533 g/mol. The van der Waals surface area contributed by atoms with Crippen LogP contribution in [0.3, 0.4) is 0 Å². The van der Waals surface area contributed by atoms with Crippen molar-refractivity contribution in [1.29, 1.82) is 0 Å². The first-order chi connectivity index (χ1) is 18.1. The van der Waals surface area contributed by atoms with E-state index >= 15 is 0 Å². The number of rotatable bonds is 9. The molecule has 8 heteroatoms. The summed E-state index contributed by atoms with van der Waals surface area (Å²) in [6.07, 6.45) is 6.97. The van der Waals surface area contributed by atoms with Gasteiger partial charge in [0.1, 0.15) is 0 Å². The van der Waals surface area contributed by atoms with Crippen LogP contribution in [0.1, 0.15) is 73.1 Å². The van der Waals surface area contributed by atoms with Crippen molar-refractivity contribution < 1.29 is 9.59 Å². The van der Waals surface area contributed by atoms with Crippen molar-refractivity contribution in [2.75, 3.05) is 39.8 Å². The normalized spacial score (nSPS) is 40.3. The average Bonchev–Trinajstić information content (AvgIpc) is 3.28. The van der Waals surface area contributed by atoms with Crippen LogP contribution >= 0.6 is 0 Å². The van der Waals surface area contributed by atoms with Gasteiger partial charge in [0.25, 0.3) is 0 Å². The van der Waals surface area contributed by atoms with Crippen LogP contribution in [-0.4, -0.2) is 79.6 Å². The molecule has 4 aliphatic rings. The molecule has 2 saturated heterocycles. The van der Waals surface area contributed by atoms with Gasteiger partial charge in [0, 0.05) is 62.7 Å². The zero-order valence-corrected chi connectivity index (χ0v) is 24.9. The van der Waals surface area contributed by atoms with Crippen LogP contribution in [0.4, 0.5) is 0 Å². The summed E-state index contributed by atoms with van der Waals surface area (Å²) in [5.41, 5.74) is 9.47. The number of hydrazine groups is 1. The molecule has 10 unspecified atom stereocenters. The Labute approximate surface area is 231 Å². The zero-order chi connectivity index (χ0) is 27.6. The third-order valence-corrected chi connectivity index (χ3v) is 10.6. The first kappa shape index (κ1) is 29.8. The van der Waals surface area contributed by atoms with Crippen LogP contribution in [0, 0.1) is 47.3 Å². The van der Waals surface area contributed by atoms with Gasteiger partial charge in [0.05, 0.1) is 5.92 Å². The maximum Gasteiger partial charge on any atom is 0.225 e. The van der Waals surface area contributed by atoms with Gasteiger partial charge in [-0.15, -0.1) is 0 Å². The number of nitrogens with zero attached hydrogens (tertiary/aromatic N) is 2. The van der Waals surface area contributed by atoms with Gasteiger partial charge in [0.15, 0.2) is 0 Å². The number of nitrogens with two attached hydrogens (primary N) is 1. The van der Waals surface area contributed by atoms with Crippen LogP contribution in [0.2, 0.25) is 0 Å². The second kappa shape index (κ2) is 13.0. The third kappa shape index (κ3) is 6.73. The Morgan fingerprint density at radius 2 is 1.87 bits per heavy atom. The van der Waals surface area contributed by atoms with E-state index in [2.05, 4.69) is 67.6 Å². The molecule has 2 amide bonds. The molecule has 38 heavy (non-hydrogen) atoms. The Balaban J connectivity index is 1.46. The number of piperidine rings is 1. The molecule has 2 aliphatic heterocycles. The molecule has 2 heterocycles. The van der Waals surface area contributed by atoms with E-state index in [9.17, 15) is 9.59 Å². The van der Waals surface area contributed by atoms with Crippen molar-refractivity contribution in [2.24, 2.45) is 53.1 Å². The van der Waals surface area contributed by atoms with E-state index in [0.29, 0.717) is 54.8 Å². The number of hydrogen-bond acceptors (Lipinski definition) is 6. The molecule has 10 atom stereocenters. The van der Waals surface area contributed by atoms with E-state index in [-0.39, 0.29) is 35.6 Å². The Kier molecular flexibility index (Phi) is 10.2. The summed E-state index contributed by atoms with van der Waals surface area (Å²) in [7, 11) is 2.20. The molecule has 218 valence electrons. The lowest BCUT2D eigenvalue weighted by molar-refractivity contribution is -0.132. The fourth-order valence-electron chi connectivity index (χ4n) is 8.54. The summed E-state index contributed by atoms with van der Waals surface area (Å²) in [5.74, 6) is 3.38. The Hall–Kier alpha value is -1.22. The van der Waals surface area contributed by atoms with Crippen LogP contribution in [-0.2, 0) is 9.59 Å². The second-order valence-corrected chi connectivity index (χ2v) is 13.8. The molecule has 5 N–H and O–H groups in total. The van der Waals surface area contributed by atoms with Crippen LogP contribution in [0.25, 0.3) is 0 Å². The molecular formula is C30H56N6O2. The van der Waals surface area contributed by atoms with E-state index in [1.54, 1.807) is 0 Å². The molecular weight excluding hydrogens is 476 g/mol. The predicted molar refractivity (Wildman–Crippen MR) is 153 cm³/mol. The SMILES string of the molecule is CC1CC(C)C(CNC(=O)C2CC(C3CC(CN(C)CCN)CCC3C)CC3C2CNN3C(C)C)C(=O)N1. The summed E-state index contributed by atoms with van der Waals surface area (Å²) < 4.78 is 0. The number of carbonyl (C=O) groups excluding carboxylic acids is 2. The van der Waals surface area contributed by atoms with Crippen molar-refractivity contribution in [3.8, 4) is 0 Å². The molecule has 0 aromatic heterocycles. The quantitative estimate of drug-likeness (QED) is 0.364. The fourth-order valence-corrected chi connectivity index (χ4v) is 8.54. The van der Waals surface area contributed by atoms with Gasteiger partial charge in [-0.1, -0.05) is 20.3 Å². The van der Waals surface area contributed by atoms with Gasteiger partial charge in [-0.3, -0.25) is 15.0 Å².